The highest BCUT2D eigenvalue weighted by Crippen LogP contribution is 2.41. The third-order valence-corrected chi connectivity index (χ3v) is 11.0. The van der Waals surface area contributed by atoms with Crippen molar-refractivity contribution in [1.29, 1.82) is 0 Å². The molecule has 4 aromatic carbocycles. The Morgan fingerprint density at radius 2 is 1.16 bits per heavy atom. The topological polar surface area (TPSA) is 181 Å². The number of esters is 3. The summed E-state index contributed by atoms with van der Waals surface area (Å²) in [4.78, 5) is 67.5. The van der Waals surface area contributed by atoms with Gasteiger partial charge in [0.2, 0.25) is 0 Å². The highest BCUT2D eigenvalue weighted by Gasteiger charge is 2.60. The molecule has 3 saturated heterocycles. The molecule has 0 bridgehead atoms. The third-order valence-electron chi connectivity index (χ3n) is 11.0. The van der Waals surface area contributed by atoms with E-state index in [4.69, 9.17) is 47.4 Å². The monoisotopic (exact) mass is 865 g/mol. The molecule has 4 aromatic rings. The first-order valence-corrected chi connectivity index (χ1v) is 20.6. The molecule has 2 amide bonds. The Hall–Kier alpha value is -5.85. The minimum Gasteiger partial charge on any atom is -0.463 e. The van der Waals surface area contributed by atoms with E-state index >= 15 is 0 Å². The van der Waals surface area contributed by atoms with Crippen LogP contribution >= 0.6 is 0 Å². The van der Waals surface area contributed by atoms with Crippen molar-refractivity contribution in [1.82, 2.24) is 4.90 Å². The predicted molar refractivity (Wildman–Crippen MR) is 217 cm³/mol. The molecule has 0 spiro atoms. The van der Waals surface area contributed by atoms with E-state index < -0.39 is 104 Å². The molecule has 0 saturated carbocycles. The van der Waals surface area contributed by atoms with E-state index in [0.717, 1.165) is 35.4 Å². The number of carbonyl (C=O) groups excluding carboxylic acids is 5. The number of nitrogens with zero attached hydrogens (tertiary/aromatic N) is 1. The summed E-state index contributed by atoms with van der Waals surface area (Å²) in [6.45, 7) is 3.13. The summed E-state index contributed by atoms with van der Waals surface area (Å²) in [7, 11) is 0. The van der Waals surface area contributed by atoms with Crippen LogP contribution in [-0.2, 0) is 75.0 Å². The number of imide groups is 1. The molecule has 330 valence electrons. The van der Waals surface area contributed by atoms with Gasteiger partial charge in [0.1, 0.15) is 43.2 Å². The molecule has 0 aliphatic carbocycles. The zero-order chi connectivity index (χ0) is 44.0. The van der Waals surface area contributed by atoms with E-state index in [1.54, 1.807) is 12.1 Å². The summed E-state index contributed by atoms with van der Waals surface area (Å²) in [6.07, 6.45) is -12.2. The summed E-state index contributed by atoms with van der Waals surface area (Å²) >= 11 is 0. The van der Waals surface area contributed by atoms with Crippen LogP contribution < -0.4 is 0 Å². The van der Waals surface area contributed by atoms with Crippen LogP contribution in [0.4, 0.5) is 0 Å². The van der Waals surface area contributed by atoms with Gasteiger partial charge in [-0.2, -0.15) is 0 Å². The van der Waals surface area contributed by atoms with Gasteiger partial charge in [0.15, 0.2) is 31.1 Å². The van der Waals surface area contributed by atoms with Gasteiger partial charge in [0.05, 0.1) is 30.9 Å². The number of fused-ring (bicyclic) bond motifs is 2. The predicted octanol–water partition coefficient (Wildman–Crippen LogP) is 4.83. The molecule has 0 radical (unpaired) electrons. The molecule has 3 fully saturated rings. The molecule has 0 aromatic heterocycles. The van der Waals surface area contributed by atoms with E-state index in [9.17, 15) is 24.0 Å². The molecular weight excluding hydrogens is 819 g/mol. The summed E-state index contributed by atoms with van der Waals surface area (Å²) in [5.74, 6) is -3.84. The fraction of sp³-hybridized carbons (Fsp3) is 0.383. The van der Waals surface area contributed by atoms with Gasteiger partial charge in [-0.25, -0.2) is 0 Å². The number of amides is 2. The van der Waals surface area contributed by atoms with Crippen molar-refractivity contribution >= 4 is 29.7 Å². The first-order chi connectivity index (χ1) is 30.5. The smallest absolute Gasteiger partial charge is 0.303 e. The van der Waals surface area contributed by atoms with E-state index in [2.05, 4.69) is 0 Å². The molecule has 11 atom stereocenters. The van der Waals surface area contributed by atoms with Gasteiger partial charge in [0, 0.05) is 26.3 Å². The van der Waals surface area contributed by atoms with Crippen molar-refractivity contribution < 1.29 is 71.3 Å². The van der Waals surface area contributed by atoms with Gasteiger partial charge in [0.25, 0.3) is 11.8 Å². The average Bonchev–Trinajstić information content (AvgIpc) is 3.54. The number of hydrogen-bond acceptors (Lipinski definition) is 15. The molecule has 0 unspecified atom stereocenters. The van der Waals surface area contributed by atoms with E-state index in [0.29, 0.717) is 0 Å². The Morgan fingerprint density at radius 3 is 1.75 bits per heavy atom. The average molecular weight is 866 g/mol. The maximum atomic E-state index is 14.4. The zero-order valence-corrected chi connectivity index (χ0v) is 34.7. The first-order valence-electron chi connectivity index (χ1n) is 20.6. The molecule has 8 rings (SSSR count). The van der Waals surface area contributed by atoms with Crippen LogP contribution in [0.1, 0.15) is 64.5 Å². The van der Waals surface area contributed by atoms with Crippen LogP contribution in [0.25, 0.3) is 0 Å². The lowest BCUT2D eigenvalue weighted by atomic mass is 9.93. The Bertz CT molecular complexity index is 2210. The highest BCUT2D eigenvalue weighted by atomic mass is 16.8. The van der Waals surface area contributed by atoms with Crippen LogP contribution in [0.5, 0.6) is 0 Å². The van der Waals surface area contributed by atoms with E-state index in [1.807, 2.05) is 91.0 Å². The number of ether oxygens (including phenoxy) is 10. The van der Waals surface area contributed by atoms with E-state index in [-0.39, 0.29) is 30.9 Å². The molecule has 63 heavy (non-hydrogen) atoms. The van der Waals surface area contributed by atoms with Crippen LogP contribution in [0, 0.1) is 0 Å². The molecule has 0 N–H and O–H groups in total. The number of hydrogen-bond donors (Lipinski definition) is 0. The molecule has 16 nitrogen and oxygen atoms in total. The van der Waals surface area contributed by atoms with Gasteiger partial charge in [-0.05, 0) is 23.3 Å². The van der Waals surface area contributed by atoms with Crippen molar-refractivity contribution in [2.45, 2.75) is 102 Å². The maximum Gasteiger partial charge on any atom is 0.303 e. The second kappa shape index (κ2) is 19.7. The van der Waals surface area contributed by atoms with Gasteiger partial charge >= 0.3 is 17.9 Å². The largest absolute Gasteiger partial charge is 0.463 e. The second-order valence-electron chi connectivity index (χ2n) is 15.4. The summed E-state index contributed by atoms with van der Waals surface area (Å²) in [5.41, 5.74) is 2.53. The normalized spacial score (nSPS) is 29.0. The van der Waals surface area contributed by atoms with Crippen molar-refractivity contribution in [2.24, 2.45) is 0 Å². The van der Waals surface area contributed by atoms with Crippen LogP contribution in [-0.4, -0.2) is 109 Å². The maximum absolute atomic E-state index is 14.4. The lowest BCUT2D eigenvalue weighted by Gasteiger charge is -2.52. The third kappa shape index (κ3) is 9.87. The van der Waals surface area contributed by atoms with Crippen LogP contribution in [0.2, 0.25) is 0 Å². The summed E-state index contributed by atoms with van der Waals surface area (Å²) in [6, 6.07) is 32.7. The van der Waals surface area contributed by atoms with Crippen LogP contribution in [0.3, 0.4) is 0 Å². The quantitative estimate of drug-likeness (QED) is 0.0955. The lowest BCUT2D eigenvalue weighted by Crippen LogP contribution is -2.70. The SMILES string of the molecule is CC(=O)OC[C@@H]1O[C@H](O[C@@H]2[C@@H](OCc3ccccc3)O[C@@H]3CO[C@H](c4ccccc4)O[C@H]3[C@@H]2OCc2ccccc2)[C@@H](N2C(=O)c3ccccc3C2=O)[C@H](OC(C)=O)[C@H]1OC(C)=O. The second-order valence-corrected chi connectivity index (χ2v) is 15.4. The first kappa shape index (κ1) is 43.8. The van der Waals surface area contributed by atoms with Gasteiger partial charge in [-0.1, -0.05) is 103 Å². The standard InChI is InChI=1S/C47H47NO15/c1-27(49)54-25-35-38(58-28(2)50)40(59-29(3)51)37(48-43(52)33-21-13-14-22-34(33)44(48)53)46(60-35)63-42-41(55-23-30-15-7-4-8-16-30)39-36(26-57-45(62-39)32-19-11-6-12-20-32)61-47(42)56-24-31-17-9-5-10-18-31/h4-22,35-42,45-47H,23-26H2,1-3H3/t35-,36+,37-,38-,39+,40-,41-,42-,45-,46+,47-/m0/s1. The minimum atomic E-state index is -1.70. The summed E-state index contributed by atoms with van der Waals surface area (Å²) < 4.78 is 63.4. The Morgan fingerprint density at radius 1 is 0.603 bits per heavy atom. The van der Waals surface area contributed by atoms with Crippen molar-refractivity contribution in [3.63, 3.8) is 0 Å². The fourth-order valence-electron chi connectivity index (χ4n) is 8.22. The fourth-order valence-corrected chi connectivity index (χ4v) is 8.22. The van der Waals surface area contributed by atoms with Crippen LogP contribution in [0.15, 0.2) is 115 Å². The minimum absolute atomic E-state index is 0.0511. The lowest BCUT2D eigenvalue weighted by molar-refractivity contribution is -0.394. The molecule has 4 aliphatic heterocycles. The Kier molecular flexibility index (Phi) is 13.7. The Labute approximate surface area is 363 Å². The highest BCUT2D eigenvalue weighted by molar-refractivity contribution is 6.21. The number of rotatable bonds is 14. The molecule has 4 aliphatic rings. The van der Waals surface area contributed by atoms with Crippen molar-refractivity contribution in [3.05, 3.63) is 143 Å². The molecule has 16 heteroatoms. The molecule has 4 heterocycles. The van der Waals surface area contributed by atoms with Gasteiger partial charge in [-0.3, -0.25) is 28.9 Å². The van der Waals surface area contributed by atoms with Crippen molar-refractivity contribution in [3.8, 4) is 0 Å². The number of carbonyl (C=O) groups is 5. The van der Waals surface area contributed by atoms with Crippen molar-refractivity contribution in [2.75, 3.05) is 13.2 Å². The van der Waals surface area contributed by atoms with Gasteiger partial charge in [-0.15, -0.1) is 0 Å². The zero-order valence-electron chi connectivity index (χ0n) is 34.7. The summed E-state index contributed by atoms with van der Waals surface area (Å²) in [5, 5.41) is 0. The van der Waals surface area contributed by atoms with E-state index in [1.165, 1.54) is 19.1 Å². The molecular formula is C47H47NO15. The van der Waals surface area contributed by atoms with Gasteiger partial charge < -0.3 is 47.4 Å². The Balaban J connectivity index is 1.24. The number of benzene rings is 4.